The van der Waals surface area contributed by atoms with Gasteiger partial charge in [-0.3, -0.25) is 4.79 Å². The molecule has 0 saturated heterocycles. The van der Waals surface area contributed by atoms with Crippen molar-refractivity contribution in [1.29, 1.82) is 0 Å². The maximum atomic E-state index is 13.4. The van der Waals surface area contributed by atoms with Crippen LogP contribution in [0.2, 0.25) is 0 Å². The molecule has 1 saturated carbocycles. The number of pyridine rings is 1. The molecule has 0 bridgehead atoms. The van der Waals surface area contributed by atoms with E-state index in [1.807, 2.05) is 54.6 Å². The lowest BCUT2D eigenvalue weighted by atomic mass is 10.1. The van der Waals surface area contributed by atoms with E-state index in [0.29, 0.717) is 17.3 Å². The van der Waals surface area contributed by atoms with Crippen LogP contribution in [0.5, 0.6) is 0 Å². The number of halogens is 1. The average molecular weight is 423 g/mol. The number of rotatable bonds is 6. The molecule has 4 aromatic rings. The highest BCUT2D eigenvalue weighted by molar-refractivity contribution is 5.95. The number of nitrogens with zero attached hydrogens (tertiary/aromatic N) is 1. The van der Waals surface area contributed by atoms with Gasteiger partial charge in [-0.25, -0.2) is 9.37 Å². The fourth-order valence-corrected chi connectivity index (χ4v) is 3.87. The Labute approximate surface area is 186 Å². The summed E-state index contributed by atoms with van der Waals surface area (Å²) in [4.78, 5) is 17.1. The molecule has 1 amide bonds. The molecule has 5 rings (SSSR count). The average Bonchev–Trinajstić information content (AvgIpc) is 3.59. The number of hydrogen-bond donors (Lipinski definition) is 2. The molecule has 0 radical (unpaired) electrons. The van der Waals surface area contributed by atoms with Gasteiger partial charge in [0.05, 0.1) is 0 Å². The van der Waals surface area contributed by atoms with Gasteiger partial charge in [-0.15, -0.1) is 0 Å². The summed E-state index contributed by atoms with van der Waals surface area (Å²) in [5, 5.41) is 6.35. The van der Waals surface area contributed by atoms with Crippen molar-refractivity contribution in [2.75, 3.05) is 5.32 Å². The van der Waals surface area contributed by atoms with Crippen molar-refractivity contribution >= 4 is 17.4 Å². The van der Waals surface area contributed by atoms with Gasteiger partial charge >= 0.3 is 0 Å². The largest absolute Gasteiger partial charge is 0.349 e. The van der Waals surface area contributed by atoms with Crippen LogP contribution in [-0.4, -0.2) is 16.9 Å². The number of hydrogen-bond acceptors (Lipinski definition) is 3. The summed E-state index contributed by atoms with van der Waals surface area (Å²) >= 11 is 0. The van der Waals surface area contributed by atoms with Crippen molar-refractivity contribution in [1.82, 2.24) is 10.3 Å². The van der Waals surface area contributed by atoms with Crippen LogP contribution in [0.15, 0.2) is 97.2 Å². The highest BCUT2D eigenvalue weighted by atomic mass is 19.1. The maximum Gasteiger partial charge on any atom is 0.251 e. The van der Waals surface area contributed by atoms with E-state index in [0.717, 1.165) is 23.2 Å². The van der Waals surface area contributed by atoms with E-state index >= 15 is 0 Å². The van der Waals surface area contributed by atoms with Gasteiger partial charge in [0.2, 0.25) is 0 Å². The number of carbonyl (C=O) groups excluding carboxylic acids is 1. The normalized spacial score (nSPS) is 16.9. The van der Waals surface area contributed by atoms with E-state index < -0.39 is 0 Å². The number of nitrogens with one attached hydrogen (secondary N) is 2. The number of carbonyl (C=O) groups is 1. The van der Waals surface area contributed by atoms with Gasteiger partial charge in [-0.05, 0) is 60.0 Å². The summed E-state index contributed by atoms with van der Waals surface area (Å²) in [7, 11) is 0. The summed E-state index contributed by atoms with van der Waals surface area (Å²) in [5.74, 6) is 0.684. The lowest BCUT2D eigenvalue weighted by Crippen LogP contribution is -2.26. The van der Waals surface area contributed by atoms with Crippen LogP contribution in [0.1, 0.15) is 28.3 Å². The molecular formula is C27H22FN3O. The molecule has 1 fully saturated rings. The smallest absolute Gasteiger partial charge is 0.251 e. The SMILES string of the molecule is O=C(NC1CC1c1ccccc1)c1cccc(Nc2ccc(-c3cccc(F)c3)cn2)c1. The van der Waals surface area contributed by atoms with Crippen molar-refractivity contribution in [3.05, 3.63) is 114 Å². The zero-order chi connectivity index (χ0) is 21.9. The molecule has 158 valence electrons. The second-order valence-corrected chi connectivity index (χ2v) is 7.98. The van der Waals surface area contributed by atoms with Crippen molar-refractivity contribution in [2.45, 2.75) is 18.4 Å². The third-order valence-corrected chi connectivity index (χ3v) is 5.65. The van der Waals surface area contributed by atoms with Crippen LogP contribution in [0.25, 0.3) is 11.1 Å². The Morgan fingerprint density at radius 3 is 2.50 bits per heavy atom. The predicted molar refractivity (Wildman–Crippen MR) is 124 cm³/mol. The Bertz CT molecular complexity index is 1240. The van der Waals surface area contributed by atoms with Gasteiger partial charge in [0.25, 0.3) is 5.91 Å². The number of anilines is 2. The number of amides is 1. The summed E-state index contributed by atoms with van der Waals surface area (Å²) in [5.41, 5.74) is 4.25. The fourth-order valence-electron chi connectivity index (χ4n) is 3.87. The third kappa shape index (κ3) is 4.52. The first-order chi connectivity index (χ1) is 15.7. The van der Waals surface area contributed by atoms with Gasteiger partial charge in [0, 0.05) is 35.0 Å². The van der Waals surface area contributed by atoms with Crippen LogP contribution in [0.4, 0.5) is 15.9 Å². The molecule has 5 heteroatoms. The van der Waals surface area contributed by atoms with Gasteiger partial charge in [-0.1, -0.05) is 48.5 Å². The van der Waals surface area contributed by atoms with Gasteiger partial charge in [-0.2, -0.15) is 0 Å². The Hall–Kier alpha value is -3.99. The van der Waals surface area contributed by atoms with E-state index in [-0.39, 0.29) is 17.8 Å². The Morgan fingerprint density at radius 1 is 0.875 bits per heavy atom. The lowest BCUT2D eigenvalue weighted by Gasteiger charge is -2.09. The summed E-state index contributed by atoms with van der Waals surface area (Å²) in [6, 6.07) is 28.0. The van der Waals surface area contributed by atoms with Crippen LogP contribution >= 0.6 is 0 Å². The molecular weight excluding hydrogens is 401 g/mol. The minimum absolute atomic E-state index is 0.0773. The molecule has 1 heterocycles. The summed E-state index contributed by atoms with van der Waals surface area (Å²) < 4.78 is 13.4. The molecule has 1 aliphatic carbocycles. The highest BCUT2D eigenvalue weighted by Crippen LogP contribution is 2.40. The molecule has 2 N–H and O–H groups in total. The van der Waals surface area contributed by atoms with E-state index in [1.165, 1.54) is 17.7 Å². The highest BCUT2D eigenvalue weighted by Gasteiger charge is 2.39. The zero-order valence-electron chi connectivity index (χ0n) is 17.3. The van der Waals surface area contributed by atoms with Crippen LogP contribution in [0.3, 0.4) is 0 Å². The van der Waals surface area contributed by atoms with Crippen molar-refractivity contribution in [3.8, 4) is 11.1 Å². The van der Waals surface area contributed by atoms with Crippen LogP contribution in [0, 0.1) is 5.82 Å². The lowest BCUT2D eigenvalue weighted by molar-refractivity contribution is 0.0950. The molecule has 0 aliphatic heterocycles. The van der Waals surface area contributed by atoms with Crippen molar-refractivity contribution in [2.24, 2.45) is 0 Å². The molecule has 0 spiro atoms. The second kappa shape index (κ2) is 8.63. The van der Waals surface area contributed by atoms with E-state index in [9.17, 15) is 9.18 Å². The first kappa shape index (κ1) is 19.9. The fraction of sp³-hybridized carbons (Fsp3) is 0.111. The topological polar surface area (TPSA) is 54.0 Å². The second-order valence-electron chi connectivity index (χ2n) is 7.98. The predicted octanol–water partition coefficient (Wildman–Crippen LogP) is 5.92. The first-order valence-corrected chi connectivity index (χ1v) is 10.6. The molecule has 1 aromatic heterocycles. The first-order valence-electron chi connectivity index (χ1n) is 10.6. The molecule has 1 aliphatic rings. The monoisotopic (exact) mass is 423 g/mol. The van der Waals surface area contributed by atoms with Crippen molar-refractivity contribution in [3.63, 3.8) is 0 Å². The Kier molecular flexibility index (Phi) is 5.38. The van der Waals surface area contributed by atoms with E-state index in [2.05, 4.69) is 27.8 Å². The maximum absolute atomic E-state index is 13.4. The van der Waals surface area contributed by atoms with Gasteiger partial charge in [0.15, 0.2) is 0 Å². The molecule has 2 unspecified atom stereocenters. The minimum atomic E-state index is -0.277. The Balaban J connectivity index is 1.23. The van der Waals surface area contributed by atoms with Crippen molar-refractivity contribution < 1.29 is 9.18 Å². The Morgan fingerprint density at radius 2 is 1.72 bits per heavy atom. The van der Waals surface area contributed by atoms with E-state index in [4.69, 9.17) is 0 Å². The number of aromatic nitrogens is 1. The summed E-state index contributed by atoms with van der Waals surface area (Å²) in [6.07, 6.45) is 2.67. The third-order valence-electron chi connectivity index (χ3n) is 5.65. The van der Waals surface area contributed by atoms with Crippen LogP contribution < -0.4 is 10.6 Å². The van der Waals surface area contributed by atoms with Crippen LogP contribution in [-0.2, 0) is 0 Å². The molecule has 32 heavy (non-hydrogen) atoms. The number of benzene rings is 3. The van der Waals surface area contributed by atoms with Gasteiger partial charge < -0.3 is 10.6 Å². The van der Waals surface area contributed by atoms with E-state index in [1.54, 1.807) is 18.3 Å². The molecule has 4 nitrogen and oxygen atoms in total. The molecule has 3 aromatic carbocycles. The quantitative estimate of drug-likeness (QED) is 0.405. The zero-order valence-corrected chi connectivity index (χ0v) is 17.3. The minimum Gasteiger partial charge on any atom is -0.349 e. The standard InChI is InChI=1S/C27H22FN3O/c28-22-10-4-8-19(14-22)21-12-13-26(29-17-21)30-23-11-5-9-20(15-23)27(32)31-25-16-24(25)18-6-2-1-3-7-18/h1-15,17,24-25H,16H2,(H,29,30)(H,31,32). The summed E-state index contributed by atoms with van der Waals surface area (Å²) in [6.45, 7) is 0. The molecule has 2 atom stereocenters. The van der Waals surface area contributed by atoms with Gasteiger partial charge in [0.1, 0.15) is 11.6 Å².